The Bertz CT molecular complexity index is 1070. The molecule has 154 valence electrons. The second-order valence-electron chi connectivity index (χ2n) is 5.98. The lowest BCUT2D eigenvalue weighted by Crippen LogP contribution is -2.19. The van der Waals surface area contributed by atoms with Gasteiger partial charge in [-0.05, 0) is 30.3 Å². The number of aromatic nitrogens is 2. The molecule has 1 amide bonds. The van der Waals surface area contributed by atoms with Crippen molar-refractivity contribution >= 4 is 23.7 Å². The van der Waals surface area contributed by atoms with E-state index in [1.165, 1.54) is 18.6 Å². The summed E-state index contributed by atoms with van der Waals surface area (Å²) in [4.78, 5) is 20.8. The van der Waals surface area contributed by atoms with Crippen LogP contribution in [0.25, 0.3) is 11.3 Å². The Labute approximate surface area is 178 Å². The highest BCUT2D eigenvalue weighted by Crippen LogP contribution is 2.29. The lowest BCUT2D eigenvalue weighted by atomic mass is 10.1. The molecule has 1 heterocycles. The Morgan fingerprint density at radius 2 is 1.70 bits per heavy atom. The summed E-state index contributed by atoms with van der Waals surface area (Å²) >= 11 is 6.28. The first-order chi connectivity index (χ1) is 14.5. The number of carbonyl (C=O) groups is 1. The molecule has 8 nitrogen and oxygen atoms in total. The van der Waals surface area contributed by atoms with E-state index >= 15 is 0 Å². The van der Waals surface area contributed by atoms with Gasteiger partial charge in [0, 0.05) is 17.2 Å². The normalized spacial score (nSPS) is 10.7. The monoisotopic (exact) mass is 426 g/mol. The number of nitrogens with zero attached hydrogens (tertiary/aromatic N) is 3. The van der Waals surface area contributed by atoms with Crippen molar-refractivity contribution in [2.45, 2.75) is 0 Å². The van der Waals surface area contributed by atoms with Gasteiger partial charge in [0.05, 0.1) is 50.7 Å². The van der Waals surface area contributed by atoms with Gasteiger partial charge in [0.2, 0.25) is 0 Å². The van der Waals surface area contributed by atoms with E-state index in [9.17, 15) is 4.79 Å². The minimum absolute atomic E-state index is 0.0970. The van der Waals surface area contributed by atoms with Gasteiger partial charge in [0.15, 0.2) is 0 Å². The largest absolute Gasteiger partial charge is 0.497 e. The number of nitrogens with one attached hydrogen (secondary N) is 1. The molecule has 0 unspecified atom stereocenters. The van der Waals surface area contributed by atoms with E-state index in [4.69, 9.17) is 25.8 Å². The van der Waals surface area contributed by atoms with Crippen LogP contribution in [-0.4, -0.2) is 43.4 Å². The standard InChI is InChI=1S/C21H19ClN4O4/c1-28-14-4-5-17(18(22)9-14)19-11-23-12-20(25-19)21(27)26-24-10-13-6-15(29-2)8-16(7-13)30-3/h4-12H,1-3H3,(H,26,27)/b24-10+. The minimum atomic E-state index is -0.514. The second-order valence-corrected chi connectivity index (χ2v) is 6.39. The maximum absolute atomic E-state index is 12.4. The van der Waals surface area contributed by atoms with E-state index in [1.807, 2.05) is 0 Å². The van der Waals surface area contributed by atoms with Gasteiger partial charge >= 0.3 is 0 Å². The van der Waals surface area contributed by atoms with Gasteiger partial charge < -0.3 is 14.2 Å². The molecule has 0 bridgehead atoms. The first-order valence-electron chi connectivity index (χ1n) is 8.76. The van der Waals surface area contributed by atoms with E-state index < -0.39 is 5.91 Å². The summed E-state index contributed by atoms with van der Waals surface area (Å²) in [5.74, 6) is 1.32. The van der Waals surface area contributed by atoms with Crippen molar-refractivity contribution in [1.82, 2.24) is 15.4 Å². The molecule has 1 N–H and O–H groups in total. The van der Waals surface area contributed by atoms with E-state index in [0.29, 0.717) is 39.1 Å². The number of hydrazone groups is 1. The van der Waals surface area contributed by atoms with Gasteiger partial charge in [-0.15, -0.1) is 0 Å². The highest BCUT2D eigenvalue weighted by molar-refractivity contribution is 6.33. The van der Waals surface area contributed by atoms with Crippen molar-refractivity contribution in [2.75, 3.05) is 21.3 Å². The molecule has 0 aliphatic heterocycles. The van der Waals surface area contributed by atoms with Crippen molar-refractivity contribution in [2.24, 2.45) is 5.10 Å². The molecule has 0 aliphatic rings. The van der Waals surface area contributed by atoms with E-state index in [1.54, 1.807) is 57.7 Å². The van der Waals surface area contributed by atoms with Crippen molar-refractivity contribution in [3.63, 3.8) is 0 Å². The van der Waals surface area contributed by atoms with Crippen molar-refractivity contribution in [1.29, 1.82) is 0 Å². The molecular weight excluding hydrogens is 408 g/mol. The zero-order valence-electron chi connectivity index (χ0n) is 16.5. The SMILES string of the molecule is COc1cc(/C=N/NC(=O)c2cncc(-c3ccc(OC)cc3Cl)n2)cc(OC)c1. The molecule has 3 aromatic rings. The van der Waals surface area contributed by atoms with Gasteiger partial charge in [-0.1, -0.05) is 11.6 Å². The smallest absolute Gasteiger partial charge is 0.291 e. The van der Waals surface area contributed by atoms with Gasteiger partial charge in [0.25, 0.3) is 5.91 Å². The molecule has 9 heteroatoms. The number of hydrogen-bond donors (Lipinski definition) is 1. The maximum atomic E-state index is 12.4. The first-order valence-corrected chi connectivity index (χ1v) is 9.14. The predicted molar refractivity (Wildman–Crippen MR) is 114 cm³/mol. The highest BCUT2D eigenvalue weighted by Gasteiger charge is 2.12. The van der Waals surface area contributed by atoms with E-state index in [2.05, 4.69) is 20.5 Å². The summed E-state index contributed by atoms with van der Waals surface area (Å²) in [7, 11) is 4.66. The summed E-state index contributed by atoms with van der Waals surface area (Å²) in [6.45, 7) is 0. The number of benzene rings is 2. The van der Waals surface area contributed by atoms with Crippen LogP contribution in [0.1, 0.15) is 16.1 Å². The van der Waals surface area contributed by atoms with Crippen LogP contribution in [0.5, 0.6) is 17.2 Å². The Kier molecular flexibility index (Phi) is 6.82. The summed E-state index contributed by atoms with van der Waals surface area (Å²) in [6, 6.07) is 10.4. The zero-order chi connectivity index (χ0) is 21.5. The third-order valence-corrected chi connectivity index (χ3v) is 4.39. The van der Waals surface area contributed by atoms with Crippen LogP contribution in [0.15, 0.2) is 53.9 Å². The Morgan fingerprint density at radius 1 is 1.00 bits per heavy atom. The fraction of sp³-hybridized carbons (Fsp3) is 0.143. The van der Waals surface area contributed by atoms with Gasteiger partial charge in [0.1, 0.15) is 22.9 Å². The Hall–Kier alpha value is -3.65. The van der Waals surface area contributed by atoms with Crippen LogP contribution in [-0.2, 0) is 0 Å². The molecule has 3 rings (SSSR count). The van der Waals surface area contributed by atoms with Crippen LogP contribution in [0, 0.1) is 0 Å². The molecule has 0 fully saturated rings. The van der Waals surface area contributed by atoms with Gasteiger partial charge in [-0.2, -0.15) is 5.10 Å². The van der Waals surface area contributed by atoms with Crippen molar-refractivity contribution in [3.8, 4) is 28.5 Å². The number of hydrogen-bond acceptors (Lipinski definition) is 7. The zero-order valence-corrected chi connectivity index (χ0v) is 17.3. The molecule has 2 aromatic carbocycles. The minimum Gasteiger partial charge on any atom is -0.497 e. The van der Waals surface area contributed by atoms with Crippen LogP contribution >= 0.6 is 11.6 Å². The summed E-state index contributed by atoms with van der Waals surface area (Å²) in [6.07, 6.45) is 4.34. The average Bonchev–Trinajstić information content (AvgIpc) is 2.78. The molecule has 0 radical (unpaired) electrons. The number of carbonyl (C=O) groups excluding carboxylic acids is 1. The van der Waals surface area contributed by atoms with E-state index in [0.717, 1.165) is 0 Å². The highest BCUT2D eigenvalue weighted by atomic mass is 35.5. The molecule has 0 spiro atoms. The fourth-order valence-electron chi connectivity index (χ4n) is 2.56. The van der Waals surface area contributed by atoms with Gasteiger partial charge in [-0.3, -0.25) is 9.78 Å². The quantitative estimate of drug-likeness (QED) is 0.458. The molecule has 0 atom stereocenters. The first kappa shape index (κ1) is 21.1. The number of halogens is 1. The van der Waals surface area contributed by atoms with Crippen LogP contribution in [0.4, 0.5) is 0 Å². The van der Waals surface area contributed by atoms with Crippen LogP contribution in [0.3, 0.4) is 0 Å². The number of rotatable bonds is 7. The predicted octanol–water partition coefficient (Wildman–Crippen LogP) is 3.59. The fourth-order valence-corrected chi connectivity index (χ4v) is 2.83. The van der Waals surface area contributed by atoms with Crippen LogP contribution < -0.4 is 19.6 Å². The number of amides is 1. The molecular formula is C21H19ClN4O4. The maximum Gasteiger partial charge on any atom is 0.291 e. The van der Waals surface area contributed by atoms with Gasteiger partial charge in [-0.25, -0.2) is 10.4 Å². The molecule has 30 heavy (non-hydrogen) atoms. The molecule has 0 saturated carbocycles. The van der Waals surface area contributed by atoms with E-state index in [-0.39, 0.29) is 5.69 Å². The third kappa shape index (κ3) is 5.03. The third-order valence-electron chi connectivity index (χ3n) is 4.07. The Morgan fingerprint density at radius 3 is 2.33 bits per heavy atom. The Balaban J connectivity index is 1.75. The second kappa shape index (κ2) is 9.71. The lowest BCUT2D eigenvalue weighted by Gasteiger charge is -2.07. The van der Waals surface area contributed by atoms with Crippen molar-refractivity contribution < 1.29 is 19.0 Å². The summed E-state index contributed by atoms with van der Waals surface area (Å²) in [5, 5.41) is 4.40. The van der Waals surface area contributed by atoms with Crippen molar-refractivity contribution in [3.05, 3.63) is 65.1 Å². The summed E-state index contributed by atoms with van der Waals surface area (Å²) < 4.78 is 15.6. The average molecular weight is 427 g/mol. The molecule has 0 saturated heterocycles. The number of ether oxygens (including phenoxy) is 3. The topological polar surface area (TPSA) is 94.9 Å². The van der Waals surface area contributed by atoms with Crippen LogP contribution in [0.2, 0.25) is 5.02 Å². The molecule has 1 aromatic heterocycles. The molecule has 0 aliphatic carbocycles. The number of methoxy groups -OCH3 is 3. The summed E-state index contributed by atoms with van der Waals surface area (Å²) in [5.41, 5.74) is 4.30. The lowest BCUT2D eigenvalue weighted by molar-refractivity contribution is 0.0950.